The van der Waals surface area contributed by atoms with Crippen molar-refractivity contribution in [2.75, 3.05) is 38.1 Å². The summed E-state index contributed by atoms with van der Waals surface area (Å²) in [6.45, 7) is 4.20. The van der Waals surface area contributed by atoms with Gasteiger partial charge in [0.15, 0.2) is 0 Å². The van der Waals surface area contributed by atoms with E-state index in [2.05, 4.69) is 59.2 Å². The zero-order valence-corrected chi connectivity index (χ0v) is 26.3. The molecule has 7 heteroatoms. The number of hydrogen-bond donors (Lipinski definition) is 3. The van der Waals surface area contributed by atoms with Crippen molar-refractivity contribution in [1.29, 1.82) is 0 Å². The predicted molar refractivity (Wildman–Crippen MR) is 172 cm³/mol. The van der Waals surface area contributed by atoms with Crippen molar-refractivity contribution in [3.8, 4) is 5.75 Å². The molecule has 3 aromatic carbocycles. The SMILES string of the molecule is Br.Br.Br.CN(c1ccccc1)c1cc(CCNCCCCCCNCCc2ccccc2)ccc1O. The summed E-state index contributed by atoms with van der Waals surface area (Å²) < 4.78 is 0. The lowest BCUT2D eigenvalue weighted by atomic mass is 10.1. The number of nitrogens with zero attached hydrogens (tertiary/aromatic N) is 1. The van der Waals surface area contributed by atoms with Crippen LogP contribution in [0.15, 0.2) is 78.9 Å². The van der Waals surface area contributed by atoms with Gasteiger partial charge in [-0.15, -0.1) is 50.9 Å². The van der Waals surface area contributed by atoms with Gasteiger partial charge in [0, 0.05) is 12.7 Å². The summed E-state index contributed by atoms with van der Waals surface area (Å²) in [5, 5.41) is 17.4. The number of nitrogens with one attached hydrogen (secondary N) is 2. The van der Waals surface area contributed by atoms with Crippen LogP contribution in [0, 0.1) is 0 Å². The van der Waals surface area contributed by atoms with Gasteiger partial charge in [0.1, 0.15) is 5.75 Å². The minimum atomic E-state index is 0. The third-order valence-corrected chi connectivity index (χ3v) is 6.03. The van der Waals surface area contributed by atoms with Gasteiger partial charge in [-0.05, 0) is 87.3 Å². The lowest BCUT2D eigenvalue weighted by Crippen LogP contribution is -2.19. The molecule has 0 fully saturated rings. The Hall–Kier alpha value is -1.38. The van der Waals surface area contributed by atoms with Crippen molar-refractivity contribution < 1.29 is 5.11 Å². The maximum atomic E-state index is 10.3. The van der Waals surface area contributed by atoms with E-state index in [-0.39, 0.29) is 50.9 Å². The second-order valence-electron chi connectivity index (χ2n) is 8.62. The Morgan fingerprint density at radius 3 is 1.72 bits per heavy atom. The molecule has 0 aliphatic rings. The van der Waals surface area contributed by atoms with E-state index < -0.39 is 0 Å². The van der Waals surface area contributed by atoms with E-state index in [0.717, 1.165) is 50.4 Å². The van der Waals surface area contributed by atoms with Gasteiger partial charge in [-0.3, -0.25) is 0 Å². The van der Waals surface area contributed by atoms with E-state index in [9.17, 15) is 5.11 Å². The minimum Gasteiger partial charge on any atom is -0.506 e. The van der Waals surface area contributed by atoms with Crippen LogP contribution in [0.25, 0.3) is 0 Å². The predicted octanol–water partition coefficient (Wildman–Crippen LogP) is 7.42. The van der Waals surface area contributed by atoms with Crippen LogP contribution in [0.4, 0.5) is 11.4 Å². The van der Waals surface area contributed by atoms with Crippen LogP contribution in [0.3, 0.4) is 0 Å². The van der Waals surface area contributed by atoms with Crippen LogP contribution in [0.1, 0.15) is 36.8 Å². The van der Waals surface area contributed by atoms with Crippen molar-refractivity contribution in [2.24, 2.45) is 0 Å². The summed E-state index contributed by atoms with van der Waals surface area (Å²) in [6.07, 6.45) is 7.10. The molecule has 0 heterocycles. The molecule has 0 atom stereocenters. The van der Waals surface area contributed by atoms with Gasteiger partial charge in [-0.25, -0.2) is 0 Å². The molecule has 200 valence electrons. The molecule has 3 rings (SSSR count). The summed E-state index contributed by atoms with van der Waals surface area (Å²) in [6, 6.07) is 26.7. The first-order valence-corrected chi connectivity index (χ1v) is 12.3. The van der Waals surface area contributed by atoms with Gasteiger partial charge in [0.2, 0.25) is 0 Å². The second kappa shape index (κ2) is 20.7. The molecule has 4 nitrogen and oxygen atoms in total. The van der Waals surface area contributed by atoms with Crippen molar-refractivity contribution in [3.05, 3.63) is 90.0 Å². The fourth-order valence-electron chi connectivity index (χ4n) is 4.00. The number of aromatic hydroxyl groups is 1. The normalized spacial score (nSPS) is 10.0. The topological polar surface area (TPSA) is 47.5 Å². The van der Waals surface area contributed by atoms with E-state index in [1.54, 1.807) is 6.07 Å². The van der Waals surface area contributed by atoms with Crippen LogP contribution in [0.5, 0.6) is 5.75 Å². The zero-order chi connectivity index (χ0) is 23.1. The number of anilines is 2. The van der Waals surface area contributed by atoms with Crippen LogP contribution in [0.2, 0.25) is 0 Å². The van der Waals surface area contributed by atoms with Crippen molar-refractivity contribution >= 4 is 62.3 Å². The highest BCUT2D eigenvalue weighted by Crippen LogP contribution is 2.32. The van der Waals surface area contributed by atoms with Crippen LogP contribution in [-0.4, -0.2) is 38.3 Å². The molecule has 3 N–H and O–H groups in total. The minimum absolute atomic E-state index is 0. The van der Waals surface area contributed by atoms with E-state index in [4.69, 9.17) is 0 Å². The second-order valence-corrected chi connectivity index (χ2v) is 8.62. The molecule has 0 aliphatic carbocycles. The van der Waals surface area contributed by atoms with Crippen molar-refractivity contribution in [2.45, 2.75) is 38.5 Å². The Labute approximate surface area is 249 Å². The maximum absolute atomic E-state index is 10.3. The molecule has 0 amide bonds. The van der Waals surface area contributed by atoms with E-state index >= 15 is 0 Å². The van der Waals surface area contributed by atoms with E-state index in [1.165, 1.54) is 36.8 Å². The molecule has 3 aromatic rings. The first-order valence-electron chi connectivity index (χ1n) is 12.3. The largest absolute Gasteiger partial charge is 0.506 e. The van der Waals surface area contributed by atoms with E-state index in [0.29, 0.717) is 5.75 Å². The Morgan fingerprint density at radius 1 is 0.611 bits per heavy atom. The first-order chi connectivity index (χ1) is 16.2. The number of phenols is 1. The number of benzene rings is 3. The molecule has 36 heavy (non-hydrogen) atoms. The number of hydrogen-bond acceptors (Lipinski definition) is 4. The van der Waals surface area contributed by atoms with Gasteiger partial charge in [-0.1, -0.05) is 67.4 Å². The molecule has 0 aromatic heterocycles. The molecule has 0 saturated heterocycles. The molecule has 0 saturated carbocycles. The molecule has 0 bridgehead atoms. The average Bonchev–Trinajstić information content (AvgIpc) is 2.86. The fraction of sp³-hybridized carbons (Fsp3) is 0.379. The van der Waals surface area contributed by atoms with Gasteiger partial charge >= 0.3 is 0 Å². The van der Waals surface area contributed by atoms with Gasteiger partial charge in [0.25, 0.3) is 0 Å². The highest BCUT2D eigenvalue weighted by molar-refractivity contribution is 8.93. The van der Waals surface area contributed by atoms with Crippen molar-refractivity contribution in [3.63, 3.8) is 0 Å². The summed E-state index contributed by atoms with van der Waals surface area (Å²) >= 11 is 0. The fourth-order valence-corrected chi connectivity index (χ4v) is 4.00. The van der Waals surface area contributed by atoms with Crippen LogP contribution in [-0.2, 0) is 12.8 Å². The number of phenolic OH excluding ortho intramolecular Hbond substituents is 1. The lowest BCUT2D eigenvalue weighted by Gasteiger charge is -2.21. The van der Waals surface area contributed by atoms with Crippen LogP contribution < -0.4 is 15.5 Å². The highest BCUT2D eigenvalue weighted by atomic mass is 79.9. The van der Waals surface area contributed by atoms with Gasteiger partial charge < -0.3 is 20.6 Å². The standard InChI is InChI=1S/C29H39N3O.3BrH/c1-32(27-14-8-5-9-15-27)28-24-26(16-17-29(28)33)19-23-31-21-11-3-2-10-20-30-22-18-25-12-6-4-7-13-25;;;/h4-9,12-17,24,30-31,33H,2-3,10-11,18-23H2,1H3;3*1H. The van der Waals surface area contributed by atoms with Gasteiger partial charge in [-0.2, -0.15) is 0 Å². The molecule has 0 radical (unpaired) electrons. The molecule has 0 spiro atoms. The summed E-state index contributed by atoms with van der Waals surface area (Å²) in [7, 11) is 1.99. The van der Waals surface area contributed by atoms with Gasteiger partial charge in [0.05, 0.1) is 5.69 Å². The number of rotatable bonds is 15. The monoisotopic (exact) mass is 685 g/mol. The number of para-hydroxylation sites is 1. The Bertz CT molecular complexity index is 930. The molecule has 0 unspecified atom stereocenters. The van der Waals surface area contributed by atoms with Crippen LogP contribution >= 0.6 is 50.9 Å². The highest BCUT2D eigenvalue weighted by Gasteiger charge is 2.09. The lowest BCUT2D eigenvalue weighted by molar-refractivity contribution is 0.476. The molecule has 0 aliphatic heterocycles. The number of halogens is 3. The maximum Gasteiger partial charge on any atom is 0.139 e. The van der Waals surface area contributed by atoms with Crippen molar-refractivity contribution in [1.82, 2.24) is 10.6 Å². The average molecular weight is 688 g/mol. The summed E-state index contributed by atoms with van der Waals surface area (Å²) in [5.74, 6) is 0.313. The molecular formula is C29H42Br3N3O. The first kappa shape index (κ1) is 34.6. The van der Waals surface area contributed by atoms with E-state index in [1.807, 2.05) is 36.2 Å². The Morgan fingerprint density at radius 2 is 1.14 bits per heavy atom. The Balaban J connectivity index is 0.00000408. The molecular weight excluding hydrogens is 646 g/mol. The quantitative estimate of drug-likeness (QED) is 0.146. The number of unbranched alkanes of at least 4 members (excludes halogenated alkanes) is 3. The zero-order valence-electron chi connectivity index (χ0n) is 21.2. The summed E-state index contributed by atoms with van der Waals surface area (Å²) in [5.41, 5.74) is 4.55. The third kappa shape index (κ3) is 12.7. The smallest absolute Gasteiger partial charge is 0.139 e. The Kier molecular flexibility index (Phi) is 19.9. The summed E-state index contributed by atoms with van der Waals surface area (Å²) in [4.78, 5) is 2.03. The third-order valence-electron chi connectivity index (χ3n) is 6.03.